The molecule has 0 aromatic heterocycles. The Morgan fingerprint density at radius 3 is 2.25 bits per heavy atom. The number of ether oxygens (including phenoxy) is 1. The summed E-state index contributed by atoms with van der Waals surface area (Å²) in [6.07, 6.45) is -8.19. The molecule has 6 heteroatoms. The van der Waals surface area contributed by atoms with Crippen molar-refractivity contribution >= 4 is 0 Å². The van der Waals surface area contributed by atoms with Gasteiger partial charge in [0.05, 0.1) is 6.61 Å². The van der Waals surface area contributed by atoms with Gasteiger partial charge < -0.3 is 25.2 Å². The Balaban J connectivity index is 2.63. The Bertz CT molecular complexity index is 150. The van der Waals surface area contributed by atoms with Crippen molar-refractivity contribution in [1.29, 1.82) is 0 Å². The third kappa shape index (κ3) is 1.57. The summed E-state index contributed by atoms with van der Waals surface area (Å²) < 4.78 is 17.1. The summed E-state index contributed by atoms with van der Waals surface area (Å²) in [5, 5.41) is 35.3. The van der Waals surface area contributed by atoms with Crippen molar-refractivity contribution in [1.82, 2.24) is 0 Å². The Labute approximate surface area is 68.0 Å². The maximum absolute atomic E-state index is 12.7. The van der Waals surface area contributed by atoms with Gasteiger partial charge >= 0.3 is 0 Å². The largest absolute Gasteiger partial charge is 0.394 e. The summed E-state index contributed by atoms with van der Waals surface area (Å²) in [5.41, 5.74) is 0. The van der Waals surface area contributed by atoms with Crippen molar-refractivity contribution in [2.75, 3.05) is 6.61 Å². The molecule has 1 fully saturated rings. The minimum absolute atomic E-state index is 0.581. The smallest absolute Gasteiger partial charge is 0.189 e. The molecule has 0 aliphatic carbocycles. The van der Waals surface area contributed by atoms with Gasteiger partial charge in [0.2, 0.25) is 0 Å². The molecule has 1 heterocycles. The van der Waals surface area contributed by atoms with E-state index in [0.29, 0.717) is 0 Å². The van der Waals surface area contributed by atoms with Crippen LogP contribution in [0.2, 0.25) is 0 Å². The van der Waals surface area contributed by atoms with E-state index in [9.17, 15) is 4.39 Å². The minimum Gasteiger partial charge on any atom is -0.394 e. The lowest BCUT2D eigenvalue weighted by Crippen LogP contribution is -2.56. The van der Waals surface area contributed by atoms with Crippen LogP contribution in [0.1, 0.15) is 0 Å². The Morgan fingerprint density at radius 1 is 1.17 bits per heavy atom. The van der Waals surface area contributed by atoms with Gasteiger partial charge in [-0.3, -0.25) is 0 Å². The second-order valence-corrected chi connectivity index (χ2v) is 2.67. The van der Waals surface area contributed by atoms with Gasteiger partial charge in [-0.15, -0.1) is 0 Å². The quantitative estimate of drug-likeness (QED) is 0.368. The second kappa shape index (κ2) is 3.63. The fourth-order valence-corrected chi connectivity index (χ4v) is 1.06. The lowest BCUT2D eigenvalue weighted by molar-refractivity contribution is -0.271. The van der Waals surface area contributed by atoms with E-state index in [1.807, 2.05) is 0 Å². The topological polar surface area (TPSA) is 90.2 Å². The monoisotopic (exact) mass is 182 g/mol. The highest BCUT2D eigenvalue weighted by atomic mass is 19.1. The van der Waals surface area contributed by atoms with Gasteiger partial charge in [0.15, 0.2) is 12.5 Å². The molecule has 12 heavy (non-hydrogen) atoms. The number of rotatable bonds is 1. The van der Waals surface area contributed by atoms with Crippen LogP contribution < -0.4 is 0 Å². The first kappa shape index (κ1) is 9.82. The third-order valence-electron chi connectivity index (χ3n) is 1.82. The van der Waals surface area contributed by atoms with Crippen LogP contribution in [-0.2, 0) is 4.74 Å². The van der Waals surface area contributed by atoms with Crippen LogP contribution in [0.15, 0.2) is 0 Å². The number of aliphatic hydroxyl groups excluding tert-OH is 4. The Kier molecular flexibility index (Phi) is 2.97. The van der Waals surface area contributed by atoms with E-state index in [-0.39, 0.29) is 0 Å². The van der Waals surface area contributed by atoms with Crippen molar-refractivity contribution < 1.29 is 29.6 Å². The standard InChI is InChI=1S/C6H11FO5/c7-3-5(10)4(9)2(1-8)12-6(3)11/h2-6,8-11H,1H2/t2-,3-,4-,5-,6+/m1/s1. The van der Waals surface area contributed by atoms with Gasteiger partial charge in [-0.2, -0.15) is 0 Å². The van der Waals surface area contributed by atoms with Gasteiger partial charge in [0, 0.05) is 0 Å². The van der Waals surface area contributed by atoms with E-state index in [1.165, 1.54) is 0 Å². The second-order valence-electron chi connectivity index (χ2n) is 2.67. The molecule has 0 unspecified atom stereocenters. The molecule has 0 spiro atoms. The molecule has 1 rings (SSSR count). The summed E-state index contributed by atoms with van der Waals surface area (Å²) in [4.78, 5) is 0. The Hall–Kier alpha value is -0.270. The van der Waals surface area contributed by atoms with Crippen LogP contribution in [0.3, 0.4) is 0 Å². The van der Waals surface area contributed by atoms with Crippen molar-refractivity contribution in [3.05, 3.63) is 0 Å². The fraction of sp³-hybridized carbons (Fsp3) is 1.00. The molecule has 1 saturated heterocycles. The van der Waals surface area contributed by atoms with E-state index in [0.717, 1.165) is 0 Å². The lowest BCUT2D eigenvalue weighted by Gasteiger charge is -2.36. The average molecular weight is 182 g/mol. The van der Waals surface area contributed by atoms with Crippen LogP contribution in [-0.4, -0.2) is 57.8 Å². The molecular weight excluding hydrogens is 171 g/mol. The predicted octanol–water partition coefficient (Wildman–Crippen LogP) is -2.24. The number of hydrogen-bond acceptors (Lipinski definition) is 5. The van der Waals surface area contributed by atoms with E-state index < -0.39 is 37.4 Å². The number of hydrogen-bond donors (Lipinski definition) is 4. The van der Waals surface area contributed by atoms with Crippen molar-refractivity contribution in [3.63, 3.8) is 0 Å². The molecule has 0 aromatic carbocycles. The molecule has 0 radical (unpaired) electrons. The fourth-order valence-electron chi connectivity index (χ4n) is 1.06. The molecule has 0 bridgehead atoms. The maximum Gasteiger partial charge on any atom is 0.189 e. The van der Waals surface area contributed by atoms with E-state index in [4.69, 9.17) is 20.4 Å². The highest BCUT2D eigenvalue weighted by molar-refractivity contribution is 4.88. The van der Waals surface area contributed by atoms with E-state index in [2.05, 4.69) is 4.74 Å². The zero-order chi connectivity index (χ0) is 9.30. The number of alkyl halides is 1. The molecule has 72 valence electrons. The van der Waals surface area contributed by atoms with Gasteiger partial charge in [-0.1, -0.05) is 0 Å². The first-order chi connectivity index (χ1) is 5.57. The molecular formula is C6H11FO5. The molecule has 1 aliphatic rings. The normalized spacial score (nSPS) is 49.2. The first-order valence-corrected chi connectivity index (χ1v) is 3.52. The molecule has 1 aliphatic heterocycles. The lowest BCUT2D eigenvalue weighted by atomic mass is 10.0. The molecule has 0 amide bonds. The van der Waals surface area contributed by atoms with Gasteiger partial charge in [-0.25, -0.2) is 4.39 Å². The van der Waals surface area contributed by atoms with E-state index in [1.54, 1.807) is 0 Å². The van der Waals surface area contributed by atoms with E-state index >= 15 is 0 Å². The number of aliphatic hydroxyl groups is 4. The Morgan fingerprint density at radius 2 is 1.75 bits per heavy atom. The zero-order valence-electron chi connectivity index (χ0n) is 6.17. The highest BCUT2D eigenvalue weighted by Gasteiger charge is 2.43. The molecule has 0 aromatic rings. The SMILES string of the molecule is OC[C@H]1O[C@H](O)[C@H](F)[C@@H](O)[C@@H]1O. The van der Waals surface area contributed by atoms with Crippen molar-refractivity contribution in [2.45, 2.75) is 30.8 Å². The maximum atomic E-state index is 12.7. The van der Waals surface area contributed by atoms with Crippen LogP contribution >= 0.6 is 0 Å². The van der Waals surface area contributed by atoms with Crippen LogP contribution in [0.5, 0.6) is 0 Å². The summed E-state index contributed by atoms with van der Waals surface area (Å²) in [6.45, 7) is -0.581. The number of halogens is 1. The summed E-state index contributed by atoms with van der Waals surface area (Å²) in [7, 11) is 0. The van der Waals surface area contributed by atoms with Crippen LogP contribution in [0.4, 0.5) is 4.39 Å². The summed E-state index contributed by atoms with van der Waals surface area (Å²) >= 11 is 0. The van der Waals surface area contributed by atoms with Gasteiger partial charge in [0.1, 0.15) is 18.3 Å². The third-order valence-corrected chi connectivity index (χ3v) is 1.82. The minimum atomic E-state index is -2.04. The molecule has 5 atom stereocenters. The predicted molar refractivity (Wildman–Crippen MR) is 34.9 cm³/mol. The van der Waals surface area contributed by atoms with Gasteiger partial charge in [0.25, 0.3) is 0 Å². The first-order valence-electron chi connectivity index (χ1n) is 3.52. The molecule has 4 N–H and O–H groups in total. The summed E-state index contributed by atoms with van der Waals surface area (Å²) in [5.74, 6) is 0. The zero-order valence-corrected chi connectivity index (χ0v) is 6.17. The molecule has 5 nitrogen and oxygen atoms in total. The average Bonchev–Trinajstić information content (AvgIpc) is 2.08. The van der Waals surface area contributed by atoms with Crippen LogP contribution in [0, 0.1) is 0 Å². The molecule has 0 saturated carbocycles. The van der Waals surface area contributed by atoms with Crippen molar-refractivity contribution in [2.24, 2.45) is 0 Å². The van der Waals surface area contributed by atoms with Gasteiger partial charge in [-0.05, 0) is 0 Å². The van der Waals surface area contributed by atoms with Crippen molar-refractivity contribution in [3.8, 4) is 0 Å². The van der Waals surface area contributed by atoms with Crippen LogP contribution in [0.25, 0.3) is 0 Å². The summed E-state index contributed by atoms with van der Waals surface area (Å²) in [6, 6.07) is 0. The highest BCUT2D eigenvalue weighted by Crippen LogP contribution is 2.21.